The summed E-state index contributed by atoms with van der Waals surface area (Å²) in [6.45, 7) is 0.131. The maximum absolute atomic E-state index is 12.7. The summed E-state index contributed by atoms with van der Waals surface area (Å²) in [4.78, 5) is 0. The second kappa shape index (κ2) is 6.85. The summed E-state index contributed by atoms with van der Waals surface area (Å²) in [5, 5.41) is 18.5. The van der Waals surface area contributed by atoms with Crippen LogP contribution in [0.3, 0.4) is 0 Å². The molecule has 0 fully saturated rings. The standard InChI is InChI=1S/C12H19O3P/c13-8-4-10-16(15,11-5-9-14)12-6-2-1-3-7-12/h1-3,6-7,13-14H,4-5,8-11H2. The molecule has 90 valence electrons. The van der Waals surface area contributed by atoms with Crippen LogP contribution in [0.5, 0.6) is 0 Å². The molecule has 2 N–H and O–H groups in total. The molecule has 1 aromatic rings. The molecular weight excluding hydrogens is 223 g/mol. The Hall–Kier alpha value is -0.630. The van der Waals surface area contributed by atoms with Crippen molar-refractivity contribution in [2.24, 2.45) is 0 Å². The van der Waals surface area contributed by atoms with Crippen LogP contribution in [0.15, 0.2) is 30.3 Å². The zero-order chi connectivity index (χ0) is 11.9. The monoisotopic (exact) mass is 242 g/mol. The van der Waals surface area contributed by atoms with Crippen LogP contribution in [0.2, 0.25) is 0 Å². The topological polar surface area (TPSA) is 57.5 Å². The lowest BCUT2D eigenvalue weighted by molar-refractivity contribution is 0.293. The molecule has 1 aromatic carbocycles. The van der Waals surface area contributed by atoms with Crippen LogP contribution in [-0.2, 0) is 4.57 Å². The summed E-state index contributed by atoms with van der Waals surface area (Å²) >= 11 is 0. The van der Waals surface area contributed by atoms with Crippen molar-refractivity contribution in [3.05, 3.63) is 30.3 Å². The highest BCUT2D eigenvalue weighted by molar-refractivity contribution is 7.71. The molecule has 1 rings (SSSR count). The molecule has 0 aromatic heterocycles. The number of hydrogen-bond donors (Lipinski definition) is 2. The minimum absolute atomic E-state index is 0.0654. The van der Waals surface area contributed by atoms with Gasteiger partial charge in [-0.25, -0.2) is 0 Å². The van der Waals surface area contributed by atoms with Gasteiger partial charge in [0.15, 0.2) is 0 Å². The first-order valence-corrected chi connectivity index (χ1v) is 7.66. The first-order chi connectivity index (χ1) is 7.73. The van der Waals surface area contributed by atoms with Crippen molar-refractivity contribution >= 4 is 12.4 Å². The smallest absolute Gasteiger partial charge is 0.115 e. The number of aliphatic hydroxyl groups is 2. The van der Waals surface area contributed by atoms with Crippen LogP contribution in [0.25, 0.3) is 0 Å². The van der Waals surface area contributed by atoms with Crippen LogP contribution >= 0.6 is 7.14 Å². The van der Waals surface area contributed by atoms with Gasteiger partial charge in [0.25, 0.3) is 0 Å². The van der Waals surface area contributed by atoms with Gasteiger partial charge in [-0.2, -0.15) is 0 Å². The van der Waals surface area contributed by atoms with Crippen LogP contribution in [0, 0.1) is 0 Å². The summed E-state index contributed by atoms with van der Waals surface area (Å²) in [5.74, 6) is 0. The van der Waals surface area contributed by atoms with Crippen molar-refractivity contribution in [3.8, 4) is 0 Å². The van der Waals surface area contributed by atoms with E-state index in [4.69, 9.17) is 10.2 Å². The molecule has 0 unspecified atom stereocenters. The van der Waals surface area contributed by atoms with E-state index < -0.39 is 7.14 Å². The first-order valence-electron chi connectivity index (χ1n) is 5.58. The van der Waals surface area contributed by atoms with E-state index in [9.17, 15) is 4.57 Å². The van der Waals surface area contributed by atoms with Crippen molar-refractivity contribution in [1.29, 1.82) is 0 Å². The zero-order valence-electron chi connectivity index (χ0n) is 9.38. The molecule has 0 aliphatic carbocycles. The van der Waals surface area contributed by atoms with Crippen LogP contribution < -0.4 is 5.30 Å². The van der Waals surface area contributed by atoms with Crippen LogP contribution in [0.1, 0.15) is 12.8 Å². The lowest BCUT2D eigenvalue weighted by Gasteiger charge is -2.17. The van der Waals surface area contributed by atoms with Gasteiger partial charge in [-0.15, -0.1) is 0 Å². The molecule has 0 aliphatic heterocycles. The van der Waals surface area contributed by atoms with Gasteiger partial charge in [-0.1, -0.05) is 30.3 Å². The van der Waals surface area contributed by atoms with E-state index in [-0.39, 0.29) is 13.2 Å². The second-order valence-corrected chi connectivity index (χ2v) is 7.02. The number of benzene rings is 1. The molecule has 0 saturated carbocycles. The molecule has 0 atom stereocenters. The molecule has 0 spiro atoms. The minimum atomic E-state index is -2.42. The molecule has 0 bridgehead atoms. The molecular formula is C12H19O3P. The Morgan fingerprint density at radius 3 is 1.88 bits per heavy atom. The highest BCUT2D eigenvalue weighted by Crippen LogP contribution is 2.45. The van der Waals surface area contributed by atoms with Gasteiger partial charge in [-0.3, -0.25) is 0 Å². The van der Waals surface area contributed by atoms with Crippen molar-refractivity contribution in [2.75, 3.05) is 25.5 Å². The fourth-order valence-corrected chi connectivity index (χ4v) is 4.48. The van der Waals surface area contributed by atoms with E-state index in [2.05, 4.69) is 0 Å². The maximum atomic E-state index is 12.7. The number of hydrogen-bond acceptors (Lipinski definition) is 3. The molecule has 3 nitrogen and oxygen atoms in total. The Labute approximate surface area is 96.5 Å². The van der Waals surface area contributed by atoms with Crippen molar-refractivity contribution in [2.45, 2.75) is 12.8 Å². The quantitative estimate of drug-likeness (QED) is 0.711. The van der Waals surface area contributed by atoms with Gasteiger partial charge in [-0.05, 0) is 12.8 Å². The Balaban J connectivity index is 2.82. The summed E-state index contributed by atoms with van der Waals surface area (Å²) in [6, 6.07) is 9.39. The lowest BCUT2D eigenvalue weighted by Crippen LogP contribution is -2.12. The fourth-order valence-electron chi connectivity index (χ4n) is 1.72. The normalized spacial score (nSPS) is 11.6. The van der Waals surface area contributed by atoms with Gasteiger partial charge in [0.05, 0.1) is 0 Å². The summed E-state index contributed by atoms with van der Waals surface area (Å²) in [5.41, 5.74) is 0. The van der Waals surface area contributed by atoms with Gasteiger partial charge in [0, 0.05) is 30.8 Å². The average molecular weight is 242 g/mol. The van der Waals surface area contributed by atoms with Crippen LogP contribution in [-0.4, -0.2) is 35.8 Å². The molecule has 0 amide bonds. The fraction of sp³-hybridized carbons (Fsp3) is 0.500. The number of aliphatic hydroxyl groups excluding tert-OH is 2. The van der Waals surface area contributed by atoms with Gasteiger partial charge in [0.2, 0.25) is 0 Å². The molecule has 0 aliphatic rings. The highest BCUT2D eigenvalue weighted by atomic mass is 31.2. The summed E-state index contributed by atoms with van der Waals surface area (Å²) < 4.78 is 12.7. The largest absolute Gasteiger partial charge is 0.396 e. The Kier molecular flexibility index (Phi) is 5.75. The predicted octanol–water partition coefficient (Wildman–Crippen LogP) is 1.44. The summed E-state index contributed by atoms with van der Waals surface area (Å²) in [7, 11) is -2.42. The van der Waals surface area contributed by atoms with E-state index in [1.54, 1.807) is 0 Å². The maximum Gasteiger partial charge on any atom is 0.115 e. The van der Waals surface area contributed by atoms with E-state index in [0.29, 0.717) is 25.2 Å². The van der Waals surface area contributed by atoms with E-state index in [0.717, 1.165) is 5.30 Å². The lowest BCUT2D eigenvalue weighted by atomic mass is 10.4. The average Bonchev–Trinajstić information content (AvgIpc) is 2.35. The van der Waals surface area contributed by atoms with Crippen molar-refractivity contribution in [3.63, 3.8) is 0 Å². The highest BCUT2D eigenvalue weighted by Gasteiger charge is 2.23. The SMILES string of the molecule is O=P(CCCO)(CCCO)c1ccccc1. The van der Waals surface area contributed by atoms with Crippen molar-refractivity contribution < 1.29 is 14.8 Å². The predicted molar refractivity (Wildman–Crippen MR) is 66.8 cm³/mol. The third kappa shape index (κ3) is 3.75. The van der Waals surface area contributed by atoms with E-state index in [1.807, 2.05) is 30.3 Å². The first kappa shape index (κ1) is 13.4. The van der Waals surface area contributed by atoms with E-state index >= 15 is 0 Å². The molecule has 0 heterocycles. The Morgan fingerprint density at radius 1 is 0.938 bits per heavy atom. The van der Waals surface area contributed by atoms with Crippen LogP contribution in [0.4, 0.5) is 0 Å². The van der Waals surface area contributed by atoms with Gasteiger partial charge >= 0.3 is 0 Å². The Morgan fingerprint density at radius 2 is 1.44 bits per heavy atom. The molecule has 4 heteroatoms. The molecule has 0 radical (unpaired) electrons. The molecule has 16 heavy (non-hydrogen) atoms. The Bertz CT molecular complexity index is 325. The zero-order valence-corrected chi connectivity index (χ0v) is 10.3. The van der Waals surface area contributed by atoms with Crippen molar-refractivity contribution in [1.82, 2.24) is 0 Å². The van der Waals surface area contributed by atoms with Gasteiger partial charge < -0.3 is 14.8 Å². The number of rotatable bonds is 7. The third-order valence-electron chi connectivity index (χ3n) is 2.58. The second-order valence-electron chi connectivity index (χ2n) is 3.83. The van der Waals surface area contributed by atoms with E-state index in [1.165, 1.54) is 0 Å². The van der Waals surface area contributed by atoms with Gasteiger partial charge in [0.1, 0.15) is 7.14 Å². The minimum Gasteiger partial charge on any atom is -0.396 e. The molecule has 0 saturated heterocycles. The third-order valence-corrected chi connectivity index (χ3v) is 5.90. The summed E-state index contributed by atoms with van der Waals surface area (Å²) in [6.07, 6.45) is 2.15.